The van der Waals surface area contributed by atoms with Gasteiger partial charge in [0, 0.05) is 0 Å². The molecule has 0 aromatic rings. The van der Waals surface area contributed by atoms with Crippen molar-refractivity contribution in [2.45, 2.75) is 79.1 Å². The highest BCUT2D eigenvalue weighted by atomic mass is 16.5. The minimum Gasteiger partial charge on any atom is -0.465 e. The monoisotopic (exact) mass is 392 g/mol. The number of hydrogen-bond acceptors (Lipinski definition) is 4. The van der Waals surface area contributed by atoms with Crippen LogP contribution in [0.1, 0.15) is 79.1 Å². The Labute approximate surface area is 171 Å². The molecule has 4 heteroatoms. The molecule has 0 aliphatic heterocycles. The van der Waals surface area contributed by atoms with Gasteiger partial charge in [0.2, 0.25) is 0 Å². The summed E-state index contributed by atoms with van der Waals surface area (Å²) in [4.78, 5) is 25.9. The third-order valence-electron chi connectivity index (χ3n) is 6.76. The third kappa shape index (κ3) is 5.84. The smallest absolute Gasteiger partial charge is 0.310 e. The summed E-state index contributed by atoms with van der Waals surface area (Å²) in [7, 11) is 0. The number of fused-ring (bicyclic) bond motifs is 2. The lowest BCUT2D eigenvalue weighted by Gasteiger charge is -2.42. The van der Waals surface area contributed by atoms with Crippen molar-refractivity contribution in [2.75, 3.05) is 13.2 Å². The SMILES string of the molecule is CCCC(CC)COC(=O)C1C2C=CC(CC2)C1C(=O)OCC(CC)CCC. The maximum atomic E-state index is 13.0. The van der Waals surface area contributed by atoms with E-state index in [4.69, 9.17) is 9.47 Å². The highest BCUT2D eigenvalue weighted by Crippen LogP contribution is 2.46. The van der Waals surface area contributed by atoms with Crippen LogP contribution in [0.5, 0.6) is 0 Å². The number of rotatable bonds is 12. The van der Waals surface area contributed by atoms with Crippen LogP contribution < -0.4 is 0 Å². The summed E-state index contributed by atoms with van der Waals surface area (Å²) in [6.07, 6.45) is 12.5. The first-order chi connectivity index (χ1) is 13.5. The van der Waals surface area contributed by atoms with Gasteiger partial charge in [-0.15, -0.1) is 0 Å². The molecule has 0 spiro atoms. The van der Waals surface area contributed by atoms with Crippen molar-refractivity contribution in [2.24, 2.45) is 35.5 Å². The molecule has 160 valence electrons. The van der Waals surface area contributed by atoms with Crippen LogP contribution in [0.4, 0.5) is 0 Å². The normalized spacial score (nSPS) is 28.0. The van der Waals surface area contributed by atoms with Crippen LogP contribution in [0, 0.1) is 35.5 Å². The fourth-order valence-electron chi connectivity index (χ4n) is 4.86. The van der Waals surface area contributed by atoms with Gasteiger partial charge in [-0.2, -0.15) is 0 Å². The van der Waals surface area contributed by atoms with Crippen molar-refractivity contribution < 1.29 is 19.1 Å². The Kier molecular flexibility index (Phi) is 9.53. The average molecular weight is 393 g/mol. The number of esters is 2. The summed E-state index contributed by atoms with van der Waals surface area (Å²) in [5, 5.41) is 0. The second kappa shape index (κ2) is 11.6. The molecule has 2 bridgehead atoms. The number of ether oxygens (including phenoxy) is 2. The van der Waals surface area contributed by atoms with Gasteiger partial charge in [-0.25, -0.2) is 0 Å². The Morgan fingerprint density at radius 3 is 1.46 bits per heavy atom. The molecule has 6 atom stereocenters. The highest BCUT2D eigenvalue weighted by Gasteiger charge is 2.49. The van der Waals surface area contributed by atoms with Crippen LogP contribution in [0.3, 0.4) is 0 Å². The quantitative estimate of drug-likeness (QED) is 0.322. The maximum Gasteiger partial charge on any atom is 0.310 e. The Bertz CT molecular complexity index is 481. The molecule has 0 radical (unpaired) electrons. The lowest BCUT2D eigenvalue weighted by molar-refractivity contribution is -0.169. The van der Waals surface area contributed by atoms with E-state index in [0.717, 1.165) is 51.4 Å². The van der Waals surface area contributed by atoms with Crippen LogP contribution in [0.15, 0.2) is 12.2 Å². The predicted octanol–water partition coefficient (Wildman–Crippen LogP) is 5.55. The van der Waals surface area contributed by atoms with Gasteiger partial charge in [0.05, 0.1) is 25.0 Å². The molecule has 3 rings (SSSR count). The Hall–Kier alpha value is -1.32. The highest BCUT2D eigenvalue weighted by molar-refractivity contribution is 5.83. The Morgan fingerprint density at radius 2 is 1.18 bits per heavy atom. The first-order valence-corrected chi connectivity index (χ1v) is 11.6. The van der Waals surface area contributed by atoms with Gasteiger partial charge < -0.3 is 9.47 Å². The molecule has 0 N–H and O–H groups in total. The first kappa shape index (κ1) is 23.0. The van der Waals surface area contributed by atoms with Crippen molar-refractivity contribution in [3.63, 3.8) is 0 Å². The van der Waals surface area contributed by atoms with Crippen LogP contribution in [-0.2, 0) is 19.1 Å². The molecule has 3 aliphatic rings. The summed E-state index contributed by atoms with van der Waals surface area (Å²) < 4.78 is 11.4. The standard InChI is InChI=1S/C24H40O4/c1-5-9-17(7-3)15-27-23(25)21-19-11-13-20(14-12-19)22(21)24(26)28-16-18(8-4)10-6-2/h11,13,17-22H,5-10,12,14-16H2,1-4H3. The molecule has 1 fully saturated rings. The van der Waals surface area contributed by atoms with Crippen LogP contribution in [-0.4, -0.2) is 25.2 Å². The molecule has 0 aromatic heterocycles. The number of carbonyl (C=O) groups excluding carboxylic acids is 2. The Morgan fingerprint density at radius 1 is 0.786 bits per heavy atom. The number of carbonyl (C=O) groups is 2. The van der Waals surface area contributed by atoms with Crippen molar-refractivity contribution in [1.29, 1.82) is 0 Å². The van der Waals surface area contributed by atoms with E-state index in [1.807, 2.05) is 0 Å². The zero-order valence-electron chi connectivity index (χ0n) is 18.3. The van der Waals surface area contributed by atoms with E-state index in [2.05, 4.69) is 39.8 Å². The van der Waals surface area contributed by atoms with Crippen molar-refractivity contribution >= 4 is 11.9 Å². The van der Waals surface area contributed by atoms with E-state index in [-0.39, 0.29) is 35.6 Å². The zero-order chi connectivity index (χ0) is 20.5. The summed E-state index contributed by atoms with van der Waals surface area (Å²) >= 11 is 0. The average Bonchev–Trinajstić information content (AvgIpc) is 2.73. The van der Waals surface area contributed by atoms with E-state index in [9.17, 15) is 9.59 Å². The minimum absolute atomic E-state index is 0.110. The number of allylic oxidation sites excluding steroid dienone is 2. The van der Waals surface area contributed by atoms with E-state index >= 15 is 0 Å². The lowest BCUT2D eigenvalue weighted by atomic mass is 9.62. The van der Waals surface area contributed by atoms with Gasteiger partial charge in [-0.1, -0.05) is 65.5 Å². The minimum atomic E-state index is -0.373. The van der Waals surface area contributed by atoms with Crippen LogP contribution in [0.25, 0.3) is 0 Å². The molecule has 28 heavy (non-hydrogen) atoms. The summed E-state index contributed by atoms with van der Waals surface area (Å²) in [6.45, 7) is 9.53. The van der Waals surface area contributed by atoms with Gasteiger partial charge in [-0.05, 0) is 49.4 Å². The largest absolute Gasteiger partial charge is 0.465 e. The Balaban J connectivity index is 2.01. The summed E-state index contributed by atoms with van der Waals surface area (Å²) in [5.41, 5.74) is 0. The van der Waals surface area contributed by atoms with Crippen LogP contribution >= 0.6 is 0 Å². The fourth-order valence-corrected chi connectivity index (χ4v) is 4.86. The molecule has 0 aromatic carbocycles. The van der Waals surface area contributed by atoms with E-state index in [1.54, 1.807) is 0 Å². The topological polar surface area (TPSA) is 52.6 Å². The van der Waals surface area contributed by atoms with Crippen molar-refractivity contribution in [3.05, 3.63) is 12.2 Å². The zero-order valence-corrected chi connectivity index (χ0v) is 18.3. The van der Waals surface area contributed by atoms with Gasteiger partial charge in [-0.3, -0.25) is 9.59 Å². The van der Waals surface area contributed by atoms with Gasteiger partial charge in [0.1, 0.15) is 0 Å². The van der Waals surface area contributed by atoms with Gasteiger partial charge in [0.15, 0.2) is 0 Å². The molecule has 0 heterocycles. The van der Waals surface area contributed by atoms with Gasteiger partial charge in [0.25, 0.3) is 0 Å². The maximum absolute atomic E-state index is 13.0. The molecule has 0 saturated heterocycles. The second-order valence-electron chi connectivity index (χ2n) is 8.73. The number of hydrogen-bond donors (Lipinski definition) is 0. The summed E-state index contributed by atoms with van der Waals surface area (Å²) in [5.74, 6) is -0.0986. The van der Waals surface area contributed by atoms with Gasteiger partial charge >= 0.3 is 11.9 Å². The molecule has 6 unspecified atom stereocenters. The molecule has 3 aliphatic carbocycles. The predicted molar refractivity (Wildman–Crippen MR) is 112 cm³/mol. The molecule has 4 nitrogen and oxygen atoms in total. The van der Waals surface area contributed by atoms with E-state index < -0.39 is 0 Å². The second-order valence-corrected chi connectivity index (χ2v) is 8.73. The van der Waals surface area contributed by atoms with Crippen molar-refractivity contribution in [1.82, 2.24) is 0 Å². The third-order valence-corrected chi connectivity index (χ3v) is 6.76. The summed E-state index contributed by atoms with van der Waals surface area (Å²) in [6, 6.07) is 0. The van der Waals surface area contributed by atoms with Crippen LogP contribution in [0.2, 0.25) is 0 Å². The molecular formula is C24H40O4. The fraction of sp³-hybridized carbons (Fsp3) is 0.833. The molecule has 1 saturated carbocycles. The molecule has 0 amide bonds. The van der Waals surface area contributed by atoms with E-state index in [1.165, 1.54) is 0 Å². The molecular weight excluding hydrogens is 352 g/mol. The lowest BCUT2D eigenvalue weighted by Crippen LogP contribution is -2.46. The first-order valence-electron chi connectivity index (χ1n) is 11.6. The van der Waals surface area contributed by atoms with E-state index in [0.29, 0.717) is 25.0 Å². The van der Waals surface area contributed by atoms with Crippen molar-refractivity contribution in [3.8, 4) is 0 Å².